The van der Waals surface area contributed by atoms with E-state index in [1.54, 1.807) is 6.92 Å². The minimum Gasteiger partial charge on any atom is -0.300 e. The van der Waals surface area contributed by atoms with Crippen molar-refractivity contribution in [2.75, 3.05) is 0 Å². The van der Waals surface area contributed by atoms with Crippen LogP contribution in [-0.2, 0) is 11.2 Å². The first kappa shape index (κ1) is 25.0. The van der Waals surface area contributed by atoms with Gasteiger partial charge >= 0.3 is 0 Å². The molecule has 168 valence electrons. The first-order valence-corrected chi connectivity index (χ1v) is 12.4. The quantitative estimate of drug-likeness (QED) is 0.191. The highest BCUT2D eigenvalue weighted by atomic mass is 16.1. The van der Waals surface area contributed by atoms with Crippen molar-refractivity contribution in [3.63, 3.8) is 0 Å². The molecule has 0 atom stereocenters. The summed E-state index contributed by atoms with van der Waals surface area (Å²) in [5.74, 6) is 0.458. The lowest BCUT2D eigenvalue weighted by Crippen LogP contribution is -2.05. The smallest absolute Gasteiger partial charge is 0.193 e. The van der Waals surface area contributed by atoms with Gasteiger partial charge in [0.25, 0.3) is 0 Å². The summed E-state index contributed by atoms with van der Waals surface area (Å²) in [4.78, 5) is 23.7. The van der Waals surface area contributed by atoms with Gasteiger partial charge < -0.3 is 4.79 Å². The molecule has 0 amide bonds. The molecule has 0 aliphatic carbocycles. The monoisotopic (exact) mass is 420 g/mol. The number of aryl methyl sites for hydroxylation is 1. The van der Waals surface area contributed by atoms with Crippen LogP contribution in [0.25, 0.3) is 0 Å². The summed E-state index contributed by atoms with van der Waals surface area (Å²) in [7, 11) is 0. The predicted octanol–water partition coefficient (Wildman–Crippen LogP) is 8.12. The summed E-state index contributed by atoms with van der Waals surface area (Å²) < 4.78 is 0. The van der Waals surface area contributed by atoms with Crippen LogP contribution in [0.2, 0.25) is 0 Å². The second-order valence-corrected chi connectivity index (χ2v) is 8.80. The number of ketones is 2. The van der Waals surface area contributed by atoms with E-state index in [4.69, 9.17) is 0 Å². The number of unbranched alkanes of at least 4 members (excludes halogenated alkanes) is 11. The van der Waals surface area contributed by atoms with Gasteiger partial charge in [0.15, 0.2) is 5.78 Å². The fraction of sp³-hybridized carbons (Fsp3) is 0.517. The van der Waals surface area contributed by atoms with Crippen LogP contribution >= 0.6 is 0 Å². The van der Waals surface area contributed by atoms with E-state index in [9.17, 15) is 9.59 Å². The van der Waals surface area contributed by atoms with E-state index in [1.807, 2.05) is 48.5 Å². The average Bonchev–Trinajstić information content (AvgIpc) is 2.79. The molecule has 0 N–H and O–H groups in total. The molecule has 31 heavy (non-hydrogen) atoms. The van der Waals surface area contributed by atoms with Crippen molar-refractivity contribution >= 4 is 11.6 Å². The van der Waals surface area contributed by atoms with Gasteiger partial charge in [-0.15, -0.1) is 0 Å². The number of carbonyl (C=O) groups excluding carboxylic acids is 2. The zero-order chi connectivity index (χ0) is 22.2. The molecular formula is C29H40O2. The Hall–Kier alpha value is -2.22. The number of hydrogen-bond donors (Lipinski definition) is 0. The fourth-order valence-corrected chi connectivity index (χ4v) is 4.16. The topological polar surface area (TPSA) is 34.1 Å². The molecule has 0 fully saturated rings. The SMILES string of the molecule is CC(=O)CCCCCCCCCCCCCCc1ccccc1C(=O)c1ccccc1. The Balaban J connectivity index is 1.52. The molecular weight excluding hydrogens is 380 g/mol. The summed E-state index contributed by atoms with van der Waals surface area (Å²) in [6.07, 6.45) is 17.0. The maximum Gasteiger partial charge on any atom is 0.193 e. The molecule has 0 aliphatic heterocycles. The first-order chi connectivity index (χ1) is 15.2. The molecule has 2 nitrogen and oxygen atoms in total. The highest BCUT2D eigenvalue weighted by molar-refractivity contribution is 6.09. The Labute approximate surface area is 189 Å². The van der Waals surface area contributed by atoms with E-state index in [1.165, 1.54) is 69.8 Å². The maximum absolute atomic E-state index is 12.8. The molecule has 0 saturated heterocycles. The maximum atomic E-state index is 12.8. The lowest BCUT2D eigenvalue weighted by molar-refractivity contribution is -0.117. The third-order valence-electron chi connectivity index (χ3n) is 6.02. The minimum atomic E-state index is 0.134. The van der Waals surface area contributed by atoms with Crippen molar-refractivity contribution in [1.82, 2.24) is 0 Å². The molecule has 0 saturated carbocycles. The van der Waals surface area contributed by atoms with Gasteiger partial charge in [0.2, 0.25) is 0 Å². The second-order valence-electron chi connectivity index (χ2n) is 8.80. The predicted molar refractivity (Wildman–Crippen MR) is 131 cm³/mol. The lowest BCUT2D eigenvalue weighted by atomic mass is 9.95. The summed E-state index contributed by atoms with van der Waals surface area (Å²) in [6, 6.07) is 17.7. The molecule has 2 heteroatoms. The second kappa shape index (κ2) is 15.6. The minimum absolute atomic E-state index is 0.134. The fourth-order valence-electron chi connectivity index (χ4n) is 4.16. The third kappa shape index (κ3) is 10.6. The molecule has 2 aromatic carbocycles. The lowest BCUT2D eigenvalue weighted by Gasteiger charge is -2.09. The Morgan fingerprint density at radius 1 is 0.581 bits per heavy atom. The van der Waals surface area contributed by atoms with Crippen LogP contribution in [0.4, 0.5) is 0 Å². The van der Waals surface area contributed by atoms with E-state index in [-0.39, 0.29) is 5.78 Å². The van der Waals surface area contributed by atoms with Crippen LogP contribution in [0.15, 0.2) is 54.6 Å². The van der Waals surface area contributed by atoms with Crippen LogP contribution < -0.4 is 0 Å². The zero-order valence-corrected chi connectivity index (χ0v) is 19.4. The van der Waals surface area contributed by atoms with Crippen LogP contribution in [0.1, 0.15) is 112 Å². The van der Waals surface area contributed by atoms with E-state index >= 15 is 0 Å². The number of rotatable bonds is 17. The van der Waals surface area contributed by atoms with E-state index < -0.39 is 0 Å². The van der Waals surface area contributed by atoms with Crippen molar-refractivity contribution in [2.24, 2.45) is 0 Å². The van der Waals surface area contributed by atoms with Gasteiger partial charge in [-0.05, 0) is 31.7 Å². The zero-order valence-electron chi connectivity index (χ0n) is 19.4. The molecule has 0 spiro atoms. The molecule has 2 rings (SSSR count). The van der Waals surface area contributed by atoms with E-state index in [0.29, 0.717) is 5.78 Å². The normalized spacial score (nSPS) is 10.9. The van der Waals surface area contributed by atoms with Crippen LogP contribution in [0.3, 0.4) is 0 Å². The van der Waals surface area contributed by atoms with E-state index in [0.717, 1.165) is 36.8 Å². The summed E-state index contributed by atoms with van der Waals surface area (Å²) in [6.45, 7) is 1.69. The number of Topliss-reactive ketones (excluding diaryl/α,β-unsaturated/α-hetero) is 1. The molecule has 0 aliphatic rings. The highest BCUT2D eigenvalue weighted by Crippen LogP contribution is 2.18. The molecule has 0 aromatic heterocycles. The molecule has 0 bridgehead atoms. The van der Waals surface area contributed by atoms with Gasteiger partial charge in [-0.3, -0.25) is 4.79 Å². The van der Waals surface area contributed by atoms with Gasteiger partial charge in [-0.25, -0.2) is 0 Å². The van der Waals surface area contributed by atoms with Gasteiger partial charge in [0.05, 0.1) is 0 Å². The van der Waals surface area contributed by atoms with Crippen LogP contribution in [0.5, 0.6) is 0 Å². The van der Waals surface area contributed by atoms with Crippen molar-refractivity contribution in [3.8, 4) is 0 Å². The van der Waals surface area contributed by atoms with Crippen molar-refractivity contribution in [3.05, 3.63) is 71.3 Å². The number of hydrogen-bond acceptors (Lipinski definition) is 2. The van der Waals surface area contributed by atoms with Crippen LogP contribution in [-0.4, -0.2) is 11.6 Å². The van der Waals surface area contributed by atoms with Crippen LogP contribution in [0, 0.1) is 0 Å². The highest BCUT2D eigenvalue weighted by Gasteiger charge is 2.12. The van der Waals surface area contributed by atoms with Gasteiger partial charge in [0.1, 0.15) is 5.78 Å². The Morgan fingerprint density at radius 2 is 1.06 bits per heavy atom. The third-order valence-corrected chi connectivity index (χ3v) is 6.02. The summed E-state index contributed by atoms with van der Waals surface area (Å²) in [5.41, 5.74) is 2.81. The van der Waals surface area contributed by atoms with Gasteiger partial charge in [-0.2, -0.15) is 0 Å². The largest absolute Gasteiger partial charge is 0.300 e. The standard InChI is InChI=1S/C29H40O2/c1-25(30)19-13-10-8-6-4-2-3-5-7-9-11-14-20-26-21-17-18-24-28(26)29(31)27-22-15-12-16-23-27/h12,15-18,21-24H,2-11,13-14,19-20H2,1H3. The Bertz CT molecular complexity index is 763. The van der Waals surface area contributed by atoms with Gasteiger partial charge in [-0.1, -0.05) is 119 Å². The number of benzene rings is 2. The molecule has 0 unspecified atom stereocenters. The Kier molecular flexibility index (Phi) is 12.6. The summed E-state index contributed by atoms with van der Waals surface area (Å²) in [5, 5.41) is 0. The summed E-state index contributed by atoms with van der Waals surface area (Å²) >= 11 is 0. The van der Waals surface area contributed by atoms with E-state index in [2.05, 4.69) is 6.07 Å². The molecule has 0 heterocycles. The van der Waals surface area contributed by atoms with Crippen molar-refractivity contribution < 1.29 is 9.59 Å². The molecule has 2 aromatic rings. The van der Waals surface area contributed by atoms with Gasteiger partial charge in [0, 0.05) is 17.5 Å². The first-order valence-electron chi connectivity index (χ1n) is 12.4. The van der Waals surface area contributed by atoms with Crippen molar-refractivity contribution in [2.45, 2.75) is 96.8 Å². The van der Waals surface area contributed by atoms with Crippen molar-refractivity contribution in [1.29, 1.82) is 0 Å². The Morgan fingerprint density at radius 3 is 1.65 bits per heavy atom. The average molecular weight is 421 g/mol. The number of carbonyl (C=O) groups is 2. The molecule has 0 radical (unpaired) electrons.